The molecule has 0 N–H and O–H groups in total. The van der Waals surface area contributed by atoms with E-state index in [-0.39, 0.29) is 21.8 Å². The number of benzene rings is 1. The van der Waals surface area contributed by atoms with Crippen molar-refractivity contribution in [1.82, 2.24) is 4.98 Å². The van der Waals surface area contributed by atoms with Crippen LogP contribution in [-0.4, -0.2) is 10.8 Å². The molecule has 0 aliphatic carbocycles. The van der Waals surface area contributed by atoms with Crippen LogP contribution < -0.4 is 0 Å². The molecule has 0 atom stereocenters. The van der Waals surface area contributed by atoms with Crippen molar-refractivity contribution in [3.8, 4) is 0 Å². The van der Waals surface area contributed by atoms with Gasteiger partial charge in [0.15, 0.2) is 5.78 Å². The maximum Gasteiger partial charge on any atom is 0.433 e. The van der Waals surface area contributed by atoms with E-state index in [1.54, 1.807) is 0 Å². The third-order valence-corrected chi connectivity index (χ3v) is 3.09. The largest absolute Gasteiger partial charge is 0.433 e. The molecule has 0 aliphatic heterocycles. The number of rotatable bonds is 2. The first-order valence-electron chi connectivity index (χ1n) is 5.74. The van der Waals surface area contributed by atoms with E-state index in [2.05, 4.69) is 4.98 Å². The summed E-state index contributed by atoms with van der Waals surface area (Å²) in [4.78, 5) is 15.6. The van der Waals surface area contributed by atoms with Gasteiger partial charge in [0, 0.05) is 16.8 Å². The molecule has 2 aromatic rings. The zero-order chi connectivity index (χ0) is 15.8. The topological polar surface area (TPSA) is 30.0 Å². The minimum absolute atomic E-state index is 0.00525. The first-order chi connectivity index (χ1) is 9.70. The summed E-state index contributed by atoms with van der Waals surface area (Å²) in [5.41, 5.74) is -1.05. The maximum atomic E-state index is 13.0. The Morgan fingerprint density at radius 3 is 2.38 bits per heavy atom. The molecule has 0 radical (unpaired) electrons. The summed E-state index contributed by atoms with van der Waals surface area (Å²) >= 11 is 5.58. The maximum absolute atomic E-state index is 13.0. The highest BCUT2D eigenvalue weighted by atomic mass is 35.5. The monoisotopic (exact) mass is 317 g/mol. The fraction of sp³-hybridized carbons (Fsp3) is 0.143. The molecule has 0 bridgehead atoms. The summed E-state index contributed by atoms with van der Waals surface area (Å²) in [6.07, 6.45) is -4.58. The molecular formula is C14H8ClF4NO. The van der Waals surface area contributed by atoms with Gasteiger partial charge in [-0.05, 0) is 37.3 Å². The molecular weight excluding hydrogens is 310 g/mol. The summed E-state index contributed by atoms with van der Waals surface area (Å²) in [6, 6.07) is 5.12. The lowest BCUT2D eigenvalue weighted by Crippen LogP contribution is -2.12. The van der Waals surface area contributed by atoms with Crippen molar-refractivity contribution in [2.45, 2.75) is 13.1 Å². The number of hydrogen-bond donors (Lipinski definition) is 0. The molecule has 0 unspecified atom stereocenters. The van der Waals surface area contributed by atoms with Gasteiger partial charge < -0.3 is 0 Å². The summed E-state index contributed by atoms with van der Waals surface area (Å²) < 4.78 is 50.6. The average Bonchev–Trinajstić information content (AvgIpc) is 2.40. The molecule has 0 spiro atoms. The number of aryl methyl sites for hydroxylation is 1. The molecule has 0 amide bonds. The highest BCUT2D eigenvalue weighted by Gasteiger charge is 2.33. The minimum atomic E-state index is -4.58. The Labute approximate surface area is 122 Å². The van der Waals surface area contributed by atoms with Crippen LogP contribution in [0.2, 0.25) is 5.02 Å². The van der Waals surface area contributed by atoms with Crippen molar-refractivity contribution >= 4 is 17.4 Å². The summed E-state index contributed by atoms with van der Waals surface area (Å²) in [5.74, 6) is -1.26. The van der Waals surface area contributed by atoms with Crippen molar-refractivity contribution in [3.63, 3.8) is 0 Å². The van der Waals surface area contributed by atoms with Gasteiger partial charge in [-0.25, -0.2) is 9.37 Å². The number of halogens is 5. The standard InChI is InChI=1S/C14H8ClF4NO/c1-7-9(3-5-12(20-7)14(17,18)19)13(21)8-2-4-11(16)10(15)6-8/h2-6H,1H3. The van der Waals surface area contributed by atoms with Gasteiger partial charge >= 0.3 is 6.18 Å². The van der Waals surface area contributed by atoms with Gasteiger partial charge in [0.1, 0.15) is 11.5 Å². The Kier molecular flexibility index (Phi) is 4.00. The van der Waals surface area contributed by atoms with Crippen LogP contribution in [0.3, 0.4) is 0 Å². The number of carbonyl (C=O) groups excluding carboxylic acids is 1. The van der Waals surface area contributed by atoms with E-state index in [1.165, 1.54) is 13.0 Å². The lowest BCUT2D eigenvalue weighted by atomic mass is 10.0. The number of nitrogens with zero attached hydrogens (tertiary/aromatic N) is 1. The number of pyridine rings is 1. The van der Waals surface area contributed by atoms with Crippen molar-refractivity contribution in [2.75, 3.05) is 0 Å². The molecule has 0 aliphatic rings. The molecule has 7 heteroatoms. The van der Waals surface area contributed by atoms with Crippen LogP contribution in [0.4, 0.5) is 17.6 Å². The predicted molar refractivity (Wildman–Crippen MR) is 68.8 cm³/mol. The molecule has 0 saturated carbocycles. The van der Waals surface area contributed by atoms with Crippen molar-refractivity contribution in [2.24, 2.45) is 0 Å². The third kappa shape index (κ3) is 3.21. The Bertz CT molecular complexity index is 713. The van der Waals surface area contributed by atoms with Gasteiger partial charge in [0.05, 0.1) is 5.02 Å². The number of alkyl halides is 3. The Hall–Kier alpha value is -1.95. The van der Waals surface area contributed by atoms with Gasteiger partial charge in [0.2, 0.25) is 0 Å². The molecule has 110 valence electrons. The Morgan fingerprint density at radius 2 is 1.86 bits per heavy atom. The van der Waals surface area contributed by atoms with Crippen LogP contribution in [0, 0.1) is 12.7 Å². The minimum Gasteiger partial charge on any atom is -0.289 e. The fourth-order valence-corrected chi connectivity index (χ4v) is 1.93. The van der Waals surface area contributed by atoms with Gasteiger partial charge in [-0.3, -0.25) is 4.79 Å². The number of aromatic nitrogens is 1. The summed E-state index contributed by atoms with van der Waals surface area (Å²) in [7, 11) is 0. The van der Waals surface area contributed by atoms with Crippen LogP contribution >= 0.6 is 11.6 Å². The zero-order valence-corrected chi connectivity index (χ0v) is 11.4. The second-order valence-electron chi connectivity index (χ2n) is 4.29. The number of ketones is 1. The van der Waals surface area contributed by atoms with Crippen LogP contribution in [0.15, 0.2) is 30.3 Å². The zero-order valence-electron chi connectivity index (χ0n) is 10.6. The SMILES string of the molecule is Cc1nc(C(F)(F)F)ccc1C(=O)c1ccc(F)c(Cl)c1. The van der Waals surface area contributed by atoms with E-state index in [4.69, 9.17) is 11.6 Å². The van der Waals surface area contributed by atoms with Gasteiger partial charge in [0.25, 0.3) is 0 Å². The van der Waals surface area contributed by atoms with Gasteiger partial charge in [-0.2, -0.15) is 13.2 Å². The van der Waals surface area contributed by atoms with E-state index in [1.807, 2.05) is 0 Å². The quantitative estimate of drug-likeness (QED) is 0.606. The highest BCUT2D eigenvalue weighted by Crippen LogP contribution is 2.28. The first kappa shape index (κ1) is 15.4. The second-order valence-corrected chi connectivity index (χ2v) is 4.69. The highest BCUT2D eigenvalue weighted by molar-refractivity contribution is 6.31. The third-order valence-electron chi connectivity index (χ3n) is 2.80. The first-order valence-corrected chi connectivity index (χ1v) is 6.12. The summed E-state index contributed by atoms with van der Waals surface area (Å²) in [5, 5.41) is -0.238. The predicted octanol–water partition coefficient (Wildman–Crippen LogP) is 4.43. The van der Waals surface area contributed by atoms with Gasteiger partial charge in [-0.15, -0.1) is 0 Å². The molecule has 1 aromatic heterocycles. The molecule has 2 nitrogen and oxygen atoms in total. The molecule has 21 heavy (non-hydrogen) atoms. The molecule has 0 saturated heterocycles. The Balaban J connectivity index is 2.42. The van der Waals surface area contributed by atoms with Crippen LogP contribution in [-0.2, 0) is 6.18 Å². The smallest absolute Gasteiger partial charge is 0.289 e. The molecule has 2 rings (SSSR count). The van der Waals surface area contributed by atoms with Crippen molar-refractivity contribution in [1.29, 1.82) is 0 Å². The van der Waals surface area contributed by atoms with E-state index in [9.17, 15) is 22.4 Å². The van der Waals surface area contributed by atoms with E-state index in [0.717, 1.165) is 24.3 Å². The molecule has 1 heterocycles. The van der Waals surface area contributed by atoms with Gasteiger partial charge in [-0.1, -0.05) is 11.6 Å². The lowest BCUT2D eigenvalue weighted by Gasteiger charge is -2.09. The van der Waals surface area contributed by atoms with E-state index >= 15 is 0 Å². The molecule has 1 aromatic carbocycles. The van der Waals surface area contributed by atoms with Crippen LogP contribution in [0.25, 0.3) is 0 Å². The van der Waals surface area contributed by atoms with Crippen LogP contribution in [0.5, 0.6) is 0 Å². The average molecular weight is 318 g/mol. The van der Waals surface area contributed by atoms with Crippen molar-refractivity contribution < 1.29 is 22.4 Å². The van der Waals surface area contributed by atoms with E-state index in [0.29, 0.717) is 0 Å². The lowest BCUT2D eigenvalue weighted by molar-refractivity contribution is -0.141. The van der Waals surface area contributed by atoms with Crippen LogP contribution in [0.1, 0.15) is 27.3 Å². The number of carbonyl (C=O) groups is 1. The number of hydrogen-bond acceptors (Lipinski definition) is 2. The Morgan fingerprint density at radius 1 is 1.19 bits per heavy atom. The van der Waals surface area contributed by atoms with E-state index < -0.39 is 23.5 Å². The normalized spacial score (nSPS) is 11.5. The van der Waals surface area contributed by atoms with Crippen molar-refractivity contribution in [3.05, 3.63) is 63.7 Å². The second kappa shape index (κ2) is 5.44. The fourth-order valence-electron chi connectivity index (χ4n) is 1.75. The summed E-state index contributed by atoms with van der Waals surface area (Å²) in [6.45, 7) is 1.30. The molecule has 0 fully saturated rings.